The molecule has 2 N–H and O–H groups in total. The maximum atomic E-state index is 12.5. The zero-order valence-electron chi connectivity index (χ0n) is 15.2. The summed E-state index contributed by atoms with van der Waals surface area (Å²) < 4.78 is 6.06. The number of H-pyrrole nitrogens is 1. The van der Waals surface area contributed by atoms with Crippen molar-refractivity contribution in [3.8, 4) is 0 Å². The molecule has 1 fully saturated rings. The number of carbonyl (C=O) groups is 1. The molecule has 146 valence electrons. The molecule has 0 spiro atoms. The Labute approximate surface area is 171 Å². The minimum Gasteiger partial charge on any atom is -0.467 e. The largest absolute Gasteiger partial charge is 0.467 e. The first-order chi connectivity index (χ1) is 13.8. The van der Waals surface area contributed by atoms with Gasteiger partial charge in [0.2, 0.25) is 11.0 Å². The lowest BCUT2D eigenvalue weighted by Crippen LogP contribution is -2.50. The second kappa shape index (κ2) is 9.07. The predicted octanol–water partition coefficient (Wildman–Crippen LogP) is 2.00. The molecule has 4 heterocycles. The molecule has 3 aromatic rings. The first-order valence-electron chi connectivity index (χ1n) is 9.00. The number of amides is 1. The number of hydrogen-bond acceptors (Lipinski definition) is 8. The van der Waals surface area contributed by atoms with Gasteiger partial charge in [0.05, 0.1) is 37.8 Å². The summed E-state index contributed by atoms with van der Waals surface area (Å²) in [5.41, 5.74) is 0. The summed E-state index contributed by atoms with van der Waals surface area (Å²) in [4.78, 5) is 19.9. The second-order valence-corrected chi connectivity index (χ2v) is 8.41. The number of pyridine rings is 1. The third-order valence-electron chi connectivity index (χ3n) is 4.39. The number of anilines is 2. The summed E-state index contributed by atoms with van der Waals surface area (Å²) in [6, 6.07) is 9.78. The van der Waals surface area contributed by atoms with Crippen molar-refractivity contribution in [2.45, 2.75) is 10.9 Å². The molecule has 0 aromatic carbocycles. The SMILES string of the molecule is O=C(CSc1nnc(NCc2ccco2)s1)N1CCN(c2cccc[nH+]2)CC1. The third kappa shape index (κ3) is 4.82. The van der Waals surface area contributed by atoms with Gasteiger partial charge in [0.25, 0.3) is 5.82 Å². The van der Waals surface area contributed by atoms with Crippen molar-refractivity contribution in [3.63, 3.8) is 0 Å². The molecular weight excluding hydrogens is 396 g/mol. The van der Waals surface area contributed by atoms with Crippen LogP contribution in [-0.2, 0) is 11.3 Å². The molecule has 0 aliphatic carbocycles. The summed E-state index contributed by atoms with van der Waals surface area (Å²) in [6.07, 6.45) is 3.56. The molecular formula is C18H21N6O2S2+. The van der Waals surface area contributed by atoms with Gasteiger partial charge in [-0.1, -0.05) is 29.2 Å². The van der Waals surface area contributed by atoms with Gasteiger partial charge in [0, 0.05) is 6.07 Å². The number of aromatic amines is 1. The van der Waals surface area contributed by atoms with E-state index in [9.17, 15) is 4.79 Å². The highest BCUT2D eigenvalue weighted by molar-refractivity contribution is 8.01. The third-order valence-corrected chi connectivity index (χ3v) is 6.38. The Hall–Kier alpha value is -2.59. The molecule has 28 heavy (non-hydrogen) atoms. The van der Waals surface area contributed by atoms with Crippen LogP contribution in [0.4, 0.5) is 10.9 Å². The lowest BCUT2D eigenvalue weighted by atomic mass is 10.3. The van der Waals surface area contributed by atoms with E-state index in [1.54, 1.807) is 6.26 Å². The number of piperazine rings is 1. The van der Waals surface area contributed by atoms with Crippen LogP contribution >= 0.6 is 23.1 Å². The molecule has 0 atom stereocenters. The number of furan rings is 1. The molecule has 3 aromatic heterocycles. The highest BCUT2D eigenvalue weighted by Crippen LogP contribution is 2.26. The van der Waals surface area contributed by atoms with Crippen molar-refractivity contribution in [1.82, 2.24) is 15.1 Å². The van der Waals surface area contributed by atoms with E-state index in [-0.39, 0.29) is 5.91 Å². The van der Waals surface area contributed by atoms with Crippen LogP contribution < -0.4 is 15.2 Å². The Bertz CT molecular complexity index is 879. The topological polar surface area (TPSA) is 88.6 Å². The Morgan fingerprint density at radius 3 is 2.86 bits per heavy atom. The fraction of sp³-hybridized carbons (Fsp3) is 0.333. The number of nitrogens with one attached hydrogen (secondary N) is 2. The summed E-state index contributed by atoms with van der Waals surface area (Å²) in [6.45, 7) is 3.68. The van der Waals surface area contributed by atoms with E-state index in [2.05, 4.69) is 31.5 Å². The quantitative estimate of drug-likeness (QED) is 0.588. The first kappa shape index (κ1) is 18.8. The molecule has 0 saturated carbocycles. The van der Waals surface area contributed by atoms with Gasteiger partial charge < -0.3 is 14.6 Å². The van der Waals surface area contributed by atoms with Crippen molar-refractivity contribution < 1.29 is 14.2 Å². The maximum Gasteiger partial charge on any atom is 0.274 e. The number of nitrogens with zero attached hydrogens (tertiary/aromatic N) is 4. The number of thioether (sulfide) groups is 1. The Kier molecular flexibility index (Phi) is 6.07. The average Bonchev–Trinajstić information content (AvgIpc) is 3.43. The molecule has 1 aliphatic heterocycles. The maximum absolute atomic E-state index is 12.5. The normalized spacial score (nSPS) is 14.3. The van der Waals surface area contributed by atoms with Crippen LogP contribution in [0.3, 0.4) is 0 Å². The second-order valence-electron chi connectivity index (χ2n) is 6.21. The molecule has 0 unspecified atom stereocenters. The van der Waals surface area contributed by atoms with Gasteiger partial charge in [-0.3, -0.25) is 9.69 Å². The van der Waals surface area contributed by atoms with Crippen molar-refractivity contribution >= 4 is 40.0 Å². The minimum atomic E-state index is 0.141. The predicted molar refractivity (Wildman–Crippen MR) is 108 cm³/mol. The Balaban J connectivity index is 1.21. The van der Waals surface area contributed by atoms with E-state index >= 15 is 0 Å². The van der Waals surface area contributed by atoms with Crippen molar-refractivity contribution in [2.24, 2.45) is 0 Å². The minimum absolute atomic E-state index is 0.141. The van der Waals surface area contributed by atoms with Gasteiger partial charge in [-0.2, -0.15) is 0 Å². The highest BCUT2D eigenvalue weighted by atomic mass is 32.2. The van der Waals surface area contributed by atoms with Crippen LogP contribution in [0.15, 0.2) is 51.5 Å². The van der Waals surface area contributed by atoms with Crippen LogP contribution in [0.25, 0.3) is 0 Å². The van der Waals surface area contributed by atoms with Gasteiger partial charge in [0.1, 0.15) is 18.8 Å². The van der Waals surface area contributed by atoms with Crippen LogP contribution in [0, 0.1) is 0 Å². The molecule has 1 aliphatic rings. The van der Waals surface area contributed by atoms with Crippen molar-refractivity contribution in [2.75, 3.05) is 42.1 Å². The van der Waals surface area contributed by atoms with Crippen LogP contribution in [-0.4, -0.2) is 52.9 Å². The van der Waals surface area contributed by atoms with Crippen molar-refractivity contribution in [1.29, 1.82) is 0 Å². The lowest BCUT2D eigenvalue weighted by Gasteiger charge is -2.30. The highest BCUT2D eigenvalue weighted by Gasteiger charge is 2.26. The fourth-order valence-corrected chi connectivity index (χ4v) is 4.56. The smallest absolute Gasteiger partial charge is 0.274 e. The summed E-state index contributed by atoms with van der Waals surface area (Å²) >= 11 is 2.88. The number of rotatable bonds is 7. The molecule has 4 rings (SSSR count). The van der Waals surface area contributed by atoms with E-state index < -0.39 is 0 Å². The van der Waals surface area contributed by atoms with E-state index in [1.165, 1.54) is 23.1 Å². The fourth-order valence-electron chi connectivity index (χ4n) is 2.91. The van der Waals surface area contributed by atoms with Crippen LogP contribution in [0.5, 0.6) is 0 Å². The summed E-state index contributed by atoms with van der Waals surface area (Å²) in [5, 5.41) is 12.1. The average molecular weight is 418 g/mol. The van der Waals surface area contributed by atoms with Crippen LogP contribution in [0.1, 0.15) is 5.76 Å². The summed E-state index contributed by atoms with van der Waals surface area (Å²) in [7, 11) is 0. The molecule has 1 saturated heterocycles. The van der Waals surface area contributed by atoms with E-state index in [0.717, 1.165) is 47.2 Å². The van der Waals surface area contributed by atoms with E-state index in [4.69, 9.17) is 4.42 Å². The zero-order valence-corrected chi connectivity index (χ0v) is 16.8. The standard InChI is InChI=1S/C18H20N6O2S2/c25-16(24-9-7-23(8-10-24)15-5-1-2-6-19-15)13-27-18-22-21-17(28-18)20-12-14-4-3-11-26-14/h1-6,11H,7-10,12-13H2,(H,20,21)/p+1. The molecule has 0 bridgehead atoms. The molecule has 10 heteroatoms. The van der Waals surface area contributed by atoms with Gasteiger partial charge in [0.15, 0.2) is 4.34 Å². The van der Waals surface area contributed by atoms with Gasteiger partial charge >= 0.3 is 0 Å². The first-order valence-corrected chi connectivity index (χ1v) is 10.8. The number of aromatic nitrogens is 3. The summed E-state index contributed by atoms with van der Waals surface area (Å²) in [5.74, 6) is 2.45. The van der Waals surface area contributed by atoms with Crippen molar-refractivity contribution in [3.05, 3.63) is 48.6 Å². The van der Waals surface area contributed by atoms with Gasteiger partial charge in [-0.05, 0) is 18.2 Å². The molecule has 0 radical (unpaired) electrons. The van der Waals surface area contributed by atoms with E-state index in [0.29, 0.717) is 12.3 Å². The Morgan fingerprint density at radius 1 is 1.21 bits per heavy atom. The van der Waals surface area contributed by atoms with Gasteiger partial charge in [-0.15, -0.1) is 10.2 Å². The van der Waals surface area contributed by atoms with Gasteiger partial charge in [-0.25, -0.2) is 4.98 Å². The Morgan fingerprint density at radius 2 is 2.11 bits per heavy atom. The van der Waals surface area contributed by atoms with Crippen LogP contribution in [0.2, 0.25) is 0 Å². The van der Waals surface area contributed by atoms with E-state index in [1.807, 2.05) is 35.4 Å². The monoisotopic (exact) mass is 417 g/mol. The lowest BCUT2D eigenvalue weighted by molar-refractivity contribution is -0.364. The zero-order chi connectivity index (χ0) is 19.2. The number of hydrogen-bond donors (Lipinski definition) is 1. The number of carbonyl (C=O) groups excluding carboxylic acids is 1. The molecule has 1 amide bonds. The molecule has 8 nitrogen and oxygen atoms in total.